The molecule has 0 radical (unpaired) electrons. The molecule has 0 aliphatic carbocycles. The molecule has 0 atom stereocenters. The molecule has 0 spiro atoms. The number of halogens is 1. The van der Waals surface area contributed by atoms with Crippen LogP contribution in [-0.2, 0) is 0 Å². The molecule has 2 aromatic carbocycles. The Hall–Kier alpha value is -2.69. The third kappa shape index (κ3) is 3.89. The summed E-state index contributed by atoms with van der Waals surface area (Å²) in [6.07, 6.45) is 0. The minimum absolute atomic E-state index is 0.350. The van der Waals surface area contributed by atoms with Gasteiger partial charge >= 0.3 is 0 Å². The molecule has 0 aromatic heterocycles. The molecule has 0 saturated heterocycles. The van der Waals surface area contributed by atoms with Crippen LogP contribution in [0.2, 0.25) is 0 Å². The number of carbonyl (C=O) groups excluding carboxylic acids is 1. The molecule has 2 rings (SSSR count). The zero-order valence-corrected chi connectivity index (χ0v) is 11.8. The first kappa shape index (κ1) is 14.7. The second kappa shape index (κ2) is 6.65. The first-order chi connectivity index (χ1) is 10.1. The Balaban J connectivity index is 2.05. The van der Waals surface area contributed by atoms with E-state index in [1.54, 1.807) is 14.0 Å². The van der Waals surface area contributed by atoms with Crippen molar-refractivity contribution >= 4 is 11.6 Å². The van der Waals surface area contributed by atoms with Gasteiger partial charge in [0, 0.05) is 5.56 Å². The number of methoxy groups -OCH3 is 1. The lowest BCUT2D eigenvalue weighted by atomic mass is 10.1. The molecule has 0 bridgehead atoms. The summed E-state index contributed by atoms with van der Waals surface area (Å²) in [4.78, 5) is 11.8. The number of hydrogen-bond donors (Lipinski definition) is 1. The fourth-order valence-electron chi connectivity index (χ4n) is 1.70. The fraction of sp³-hybridized carbons (Fsp3) is 0.125. The Labute approximate surface area is 122 Å². The summed E-state index contributed by atoms with van der Waals surface area (Å²) in [5, 5.41) is 4.03. The van der Waals surface area contributed by atoms with Gasteiger partial charge in [-0.1, -0.05) is 0 Å². The van der Waals surface area contributed by atoms with E-state index in [9.17, 15) is 9.18 Å². The predicted octanol–water partition coefficient (Wildman–Crippen LogP) is 2.99. The van der Waals surface area contributed by atoms with Crippen LogP contribution in [0.15, 0.2) is 53.6 Å². The van der Waals surface area contributed by atoms with E-state index >= 15 is 0 Å². The second-order valence-corrected chi connectivity index (χ2v) is 4.37. The maximum Gasteiger partial charge on any atom is 0.271 e. The van der Waals surface area contributed by atoms with Gasteiger partial charge in [0.25, 0.3) is 5.91 Å². The first-order valence-electron chi connectivity index (χ1n) is 6.35. The zero-order valence-electron chi connectivity index (χ0n) is 11.8. The number of amides is 1. The summed E-state index contributed by atoms with van der Waals surface area (Å²) >= 11 is 0. The van der Waals surface area contributed by atoms with Crippen LogP contribution < -0.4 is 10.2 Å². The summed E-state index contributed by atoms with van der Waals surface area (Å²) in [5.74, 6) is -0.0192. The van der Waals surface area contributed by atoms with Crippen molar-refractivity contribution in [2.75, 3.05) is 7.11 Å². The van der Waals surface area contributed by atoms with Crippen molar-refractivity contribution in [3.05, 3.63) is 65.5 Å². The predicted molar refractivity (Wildman–Crippen MR) is 79.1 cm³/mol. The molecule has 0 unspecified atom stereocenters. The molecular weight excluding hydrogens is 271 g/mol. The van der Waals surface area contributed by atoms with Crippen LogP contribution in [0.25, 0.3) is 0 Å². The maximum atomic E-state index is 12.8. The number of ether oxygens (including phenoxy) is 1. The van der Waals surface area contributed by atoms with Gasteiger partial charge in [0.05, 0.1) is 12.8 Å². The monoisotopic (exact) mass is 286 g/mol. The van der Waals surface area contributed by atoms with Gasteiger partial charge in [-0.2, -0.15) is 5.10 Å². The van der Waals surface area contributed by atoms with Crippen LogP contribution in [0.3, 0.4) is 0 Å². The lowest BCUT2D eigenvalue weighted by Crippen LogP contribution is -2.19. The summed E-state index contributed by atoms with van der Waals surface area (Å²) in [5.41, 5.74) is 4.32. The van der Waals surface area contributed by atoms with Gasteiger partial charge in [-0.25, -0.2) is 9.82 Å². The number of nitrogens with one attached hydrogen (secondary N) is 1. The van der Waals surface area contributed by atoms with Crippen LogP contribution in [0.1, 0.15) is 22.8 Å². The molecule has 0 saturated carbocycles. The molecule has 4 nitrogen and oxygen atoms in total. The Bertz CT molecular complexity index is 649. The summed E-state index contributed by atoms with van der Waals surface area (Å²) in [7, 11) is 1.60. The molecule has 5 heteroatoms. The van der Waals surface area contributed by atoms with Gasteiger partial charge in [-0.3, -0.25) is 4.79 Å². The lowest BCUT2D eigenvalue weighted by molar-refractivity contribution is 0.0955. The van der Waals surface area contributed by atoms with Crippen LogP contribution in [0.5, 0.6) is 5.75 Å². The van der Waals surface area contributed by atoms with E-state index in [0.717, 1.165) is 11.3 Å². The van der Waals surface area contributed by atoms with E-state index in [4.69, 9.17) is 4.74 Å². The fourth-order valence-corrected chi connectivity index (χ4v) is 1.70. The van der Waals surface area contributed by atoms with Gasteiger partial charge in [0.1, 0.15) is 11.6 Å². The Morgan fingerprint density at radius 3 is 2.19 bits per heavy atom. The van der Waals surface area contributed by atoms with Crippen molar-refractivity contribution in [2.45, 2.75) is 6.92 Å². The largest absolute Gasteiger partial charge is 0.497 e. The SMILES string of the molecule is COc1ccc(/C(C)=N/NC(=O)c2ccc(F)cc2)cc1. The van der Waals surface area contributed by atoms with Crippen molar-refractivity contribution in [3.8, 4) is 5.75 Å². The second-order valence-electron chi connectivity index (χ2n) is 4.37. The molecule has 2 aromatic rings. The summed E-state index contributed by atoms with van der Waals surface area (Å²) in [6, 6.07) is 12.6. The van der Waals surface area contributed by atoms with Crippen molar-refractivity contribution in [2.24, 2.45) is 5.10 Å². The molecule has 0 heterocycles. The number of hydrazone groups is 1. The Morgan fingerprint density at radius 1 is 1.05 bits per heavy atom. The van der Waals surface area contributed by atoms with E-state index in [1.807, 2.05) is 24.3 Å². The minimum Gasteiger partial charge on any atom is -0.497 e. The Kier molecular flexibility index (Phi) is 4.66. The highest BCUT2D eigenvalue weighted by Crippen LogP contribution is 2.11. The normalized spacial score (nSPS) is 11.1. The van der Waals surface area contributed by atoms with Crippen LogP contribution >= 0.6 is 0 Å². The van der Waals surface area contributed by atoms with Gasteiger partial charge < -0.3 is 4.74 Å². The quantitative estimate of drug-likeness (QED) is 0.694. The van der Waals surface area contributed by atoms with Crippen molar-refractivity contribution in [3.63, 3.8) is 0 Å². The van der Waals surface area contributed by atoms with Crippen molar-refractivity contribution in [1.29, 1.82) is 0 Å². The molecule has 1 N–H and O–H groups in total. The number of rotatable bonds is 4. The molecule has 108 valence electrons. The number of nitrogens with zero attached hydrogens (tertiary/aromatic N) is 1. The summed E-state index contributed by atoms with van der Waals surface area (Å²) in [6.45, 7) is 1.78. The van der Waals surface area contributed by atoms with E-state index in [-0.39, 0.29) is 11.7 Å². The molecule has 0 fully saturated rings. The average molecular weight is 286 g/mol. The van der Waals surface area contributed by atoms with E-state index < -0.39 is 0 Å². The lowest BCUT2D eigenvalue weighted by Gasteiger charge is -2.04. The van der Waals surface area contributed by atoms with Crippen molar-refractivity contribution < 1.29 is 13.9 Å². The molecule has 0 aliphatic rings. The van der Waals surface area contributed by atoms with E-state index in [2.05, 4.69) is 10.5 Å². The highest BCUT2D eigenvalue weighted by atomic mass is 19.1. The van der Waals surface area contributed by atoms with Gasteiger partial charge in [0.2, 0.25) is 0 Å². The van der Waals surface area contributed by atoms with E-state index in [1.165, 1.54) is 24.3 Å². The van der Waals surface area contributed by atoms with Gasteiger partial charge in [0.15, 0.2) is 0 Å². The van der Waals surface area contributed by atoms with Crippen LogP contribution in [-0.4, -0.2) is 18.7 Å². The smallest absolute Gasteiger partial charge is 0.271 e. The molecule has 1 amide bonds. The molecule has 0 aliphatic heterocycles. The highest BCUT2D eigenvalue weighted by molar-refractivity contribution is 6.00. The first-order valence-corrected chi connectivity index (χ1v) is 6.35. The number of hydrogen-bond acceptors (Lipinski definition) is 3. The topological polar surface area (TPSA) is 50.7 Å². The highest BCUT2D eigenvalue weighted by Gasteiger charge is 2.05. The van der Waals surface area contributed by atoms with Gasteiger partial charge in [-0.05, 0) is 61.0 Å². The minimum atomic E-state index is -0.386. The third-order valence-corrected chi connectivity index (χ3v) is 2.94. The van der Waals surface area contributed by atoms with Crippen LogP contribution in [0, 0.1) is 5.82 Å². The van der Waals surface area contributed by atoms with Crippen LogP contribution in [0.4, 0.5) is 4.39 Å². The number of carbonyl (C=O) groups is 1. The van der Waals surface area contributed by atoms with Gasteiger partial charge in [-0.15, -0.1) is 0 Å². The average Bonchev–Trinajstić information content (AvgIpc) is 2.53. The standard InChI is InChI=1S/C16H15FN2O2/c1-11(12-5-9-15(21-2)10-6-12)18-19-16(20)13-3-7-14(17)8-4-13/h3-10H,1-2H3,(H,19,20)/b18-11+. The number of benzene rings is 2. The molecular formula is C16H15FN2O2. The zero-order chi connectivity index (χ0) is 15.2. The molecule has 21 heavy (non-hydrogen) atoms. The van der Waals surface area contributed by atoms with E-state index in [0.29, 0.717) is 11.3 Å². The maximum absolute atomic E-state index is 12.8. The Morgan fingerprint density at radius 2 is 1.62 bits per heavy atom. The summed E-state index contributed by atoms with van der Waals surface area (Å²) < 4.78 is 17.9. The van der Waals surface area contributed by atoms with Crippen molar-refractivity contribution in [1.82, 2.24) is 5.43 Å². The third-order valence-electron chi connectivity index (χ3n) is 2.94.